The summed E-state index contributed by atoms with van der Waals surface area (Å²) in [5.74, 6) is -0.270. The number of rotatable bonds is 5. The Hall–Kier alpha value is -3.68. The quantitative estimate of drug-likeness (QED) is 0.634. The average molecular weight is 377 g/mol. The Morgan fingerprint density at radius 1 is 1.00 bits per heavy atom. The van der Waals surface area contributed by atoms with E-state index in [-0.39, 0.29) is 30.0 Å². The lowest BCUT2D eigenvalue weighted by atomic mass is 10.2. The minimum Gasteiger partial charge on any atom is -0.335 e. The van der Waals surface area contributed by atoms with E-state index >= 15 is 0 Å². The molecule has 2 aromatic carbocycles. The lowest BCUT2D eigenvalue weighted by molar-refractivity contribution is -0.116. The standard InChI is InChI=1S/C20H19N5O3/c26-18-11-21-25(17-4-2-1-3-16(17)18)12-19(27)22-13-5-7-14(8-6-13)23-20(28)24-15-9-10-15/h1-8,11,15H,9-10,12H2,(H,22,27)(H2,23,24,28). The van der Waals surface area contributed by atoms with Gasteiger partial charge in [0.15, 0.2) is 0 Å². The molecular weight excluding hydrogens is 358 g/mol. The SMILES string of the molecule is O=C(Cn1ncc(=O)c2ccccc21)Nc1ccc(NC(=O)NC2CC2)cc1. The Kier molecular flexibility index (Phi) is 4.76. The van der Waals surface area contributed by atoms with Crippen LogP contribution in [0.2, 0.25) is 0 Å². The smallest absolute Gasteiger partial charge is 0.319 e. The molecule has 0 bridgehead atoms. The van der Waals surface area contributed by atoms with E-state index in [4.69, 9.17) is 0 Å². The van der Waals surface area contributed by atoms with Crippen LogP contribution in [0.3, 0.4) is 0 Å². The summed E-state index contributed by atoms with van der Waals surface area (Å²) in [5, 5.41) is 13.0. The Labute approximate surface area is 160 Å². The number of fused-ring (bicyclic) bond motifs is 1. The van der Waals surface area contributed by atoms with Gasteiger partial charge < -0.3 is 16.0 Å². The zero-order chi connectivity index (χ0) is 19.5. The third-order valence-corrected chi connectivity index (χ3v) is 4.39. The molecule has 1 fully saturated rings. The highest BCUT2D eigenvalue weighted by molar-refractivity contribution is 5.93. The van der Waals surface area contributed by atoms with Crippen LogP contribution in [0.1, 0.15) is 12.8 Å². The molecule has 1 heterocycles. The van der Waals surface area contributed by atoms with Gasteiger partial charge in [-0.1, -0.05) is 12.1 Å². The van der Waals surface area contributed by atoms with E-state index < -0.39 is 0 Å². The molecule has 0 aliphatic heterocycles. The van der Waals surface area contributed by atoms with Crippen molar-refractivity contribution >= 4 is 34.2 Å². The maximum absolute atomic E-state index is 12.4. The maximum Gasteiger partial charge on any atom is 0.319 e. The normalized spacial score (nSPS) is 13.1. The molecular formula is C20H19N5O3. The van der Waals surface area contributed by atoms with Crippen molar-refractivity contribution in [2.24, 2.45) is 0 Å². The van der Waals surface area contributed by atoms with E-state index in [1.54, 1.807) is 48.5 Å². The van der Waals surface area contributed by atoms with Crippen molar-refractivity contribution in [2.75, 3.05) is 10.6 Å². The first kappa shape index (κ1) is 17.7. The largest absolute Gasteiger partial charge is 0.335 e. The number of nitrogens with zero attached hydrogens (tertiary/aromatic N) is 2. The molecule has 1 aromatic heterocycles. The van der Waals surface area contributed by atoms with Gasteiger partial charge in [-0.15, -0.1) is 0 Å². The van der Waals surface area contributed by atoms with Crippen LogP contribution in [0.15, 0.2) is 59.5 Å². The van der Waals surface area contributed by atoms with Gasteiger partial charge in [-0.25, -0.2) is 4.79 Å². The van der Waals surface area contributed by atoms with Gasteiger partial charge in [-0.3, -0.25) is 14.3 Å². The topological polar surface area (TPSA) is 105 Å². The van der Waals surface area contributed by atoms with Crippen molar-refractivity contribution in [2.45, 2.75) is 25.4 Å². The summed E-state index contributed by atoms with van der Waals surface area (Å²) in [7, 11) is 0. The Morgan fingerprint density at radius 3 is 2.39 bits per heavy atom. The van der Waals surface area contributed by atoms with E-state index in [9.17, 15) is 14.4 Å². The van der Waals surface area contributed by atoms with Crippen LogP contribution in [-0.2, 0) is 11.3 Å². The summed E-state index contributed by atoms with van der Waals surface area (Å²) >= 11 is 0. The van der Waals surface area contributed by atoms with Gasteiger partial charge in [0.2, 0.25) is 11.3 Å². The third kappa shape index (κ3) is 4.17. The van der Waals surface area contributed by atoms with Crippen LogP contribution in [0.4, 0.5) is 16.2 Å². The van der Waals surface area contributed by atoms with Gasteiger partial charge in [0.25, 0.3) is 0 Å². The van der Waals surface area contributed by atoms with Crippen LogP contribution in [0.5, 0.6) is 0 Å². The Bertz CT molecular complexity index is 1090. The predicted molar refractivity (Wildman–Crippen MR) is 106 cm³/mol. The fourth-order valence-electron chi connectivity index (χ4n) is 2.84. The number of nitrogens with one attached hydrogen (secondary N) is 3. The van der Waals surface area contributed by atoms with Crippen molar-refractivity contribution < 1.29 is 9.59 Å². The molecule has 0 radical (unpaired) electrons. The van der Waals surface area contributed by atoms with Gasteiger partial charge in [-0.05, 0) is 49.2 Å². The second-order valence-corrected chi connectivity index (χ2v) is 6.68. The minimum atomic E-state index is -0.270. The maximum atomic E-state index is 12.4. The minimum absolute atomic E-state index is 0.0232. The van der Waals surface area contributed by atoms with Crippen molar-refractivity contribution in [3.05, 3.63) is 65.0 Å². The third-order valence-electron chi connectivity index (χ3n) is 4.39. The highest BCUT2D eigenvalue weighted by Crippen LogP contribution is 2.19. The number of para-hydroxylation sites is 1. The van der Waals surface area contributed by atoms with Gasteiger partial charge >= 0.3 is 6.03 Å². The number of carbonyl (C=O) groups excluding carboxylic acids is 2. The van der Waals surface area contributed by atoms with Crippen molar-refractivity contribution in [3.63, 3.8) is 0 Å². The van der Waals surface area contributed by atoms with Crippen LogP contribution < -0.4 is 21.4 Å². The van der Waals surface area contributed by atoms with Crippen molar-refractivity contribution in [1.82, 2.24) is 15.1 Å². The highest BCUT2D eigenvalue weighted by atomic mass is 16.2. The molecule has 3 aromatic rings. The number of urea groups is 1. The summed E-state index contributed by atoms with van der Waals surface area (Å²) in [6.07, 6.45) is 3.26. The summed E-state index contributed by atoms with van der Waals surface area (Å²) < 4.78 is 1.49. The second-order valence-electron chi connectivity index (χ2n) is 6.68. The first-order valence-corrected chi connectivity index (χ1v) is 9.01. The summed E-state index contributed by atoms with van der Waals surface area (Å²) in [6, 6.07) is 13.9. The Morgan fingerprint density at radius 2 is 1.68 bits per heavy atom. The summed E-state index contributed by atoms with van der Waals surface area (Å²) in [5.41, 5.74) is 1.67. The molecule has 1 aliphatic rings. The molecule has 4 rings (SSSR count). The zero-order valence-electron chi connectivity index (χ0n) is 15.0. The monoisotopic (exact) mass is 377 g/mol. The number of hydrogen-bond acceptors (Lipinski definition) is 4. The number of anilines is 2. The molecule has 8 heteroatoms. The van der Waals surface area contributed by atoms with Crippen LogP contribution >= 0.6 is 0 Å². The number of carbonyl (C=O) groups is 2. The molecule has 1 saturated carbocycles. The first-order valence-electron chi connectivity index (χ1n) is 9.01. The van der Waals surface area contributed by atoms with Crippen LogP contribution in [0.25, 0.3) is 10.9 Å². The van der Waals surface area contributed by atoms with E-state index in [2.05, 4.69) is 21.0 Å². The van der Waals surface area contributed by atoms with Gasteiger partial charge in [0.1, 0.15) is 6.54 Å². The molecule has 1 aliphatic carbocycles. The molecule has 3 amide bonds. The number of aromatic nitrogens is 2. The van der Waals surface area contributed by atoms with E-state index in [0.29, 0.717) is 22.3 Å². The van der Waals surface area contributed by atoms with Crippen molar-refractivity contribution in [3.8, 4) is 0 Å². The lowest BCUT2D eigenvalue weighted by Crippen LogP contribution is -2.30. The summed E-state index contributed by atoms with van der Waals surface area (Å²) in [6.45, 7) is -0.0232. The van der Waals surface area contributed by atoms with E-state index in [0.717, 1.165) is 12.8 Å². The number of amides is 3. The molecule has 28 heavy (non-hydrogen) atoms. The molecule has 0 atom stereocenters. The van der Waals surface area contributed by atoms with E-state index in [1.807, 2.05) is 0 Å². The van der Waals surface area contributed by atoms with Gasteiger partial charge in [-0.2, -0.15) is 5.10 Å². The van der Waals surface area contributed by atoms with Crippen molar-refractivity contribution in [1.29, 1.82) is 0 Å². The Balaban J connectivity index is 1.39. The first-order chi connectivity index (χ1) is 13.6. The molecule has 3 N–H and O–H groups in total. The van der Waals surface area contributed by atoms with Gasteiger partial charge in [0.05, 0.1) is 11.7 Å². The van der Waals surface area contributed by atoms with Crippen LogP contribution in [-0.4, -0.2) is 27.8 Å². The molecule has 0 saturated heterocycles. The molecule has 8 nitrogen and oxygen atoms in total. The molecule has 0 spiro atoms. The number of benzene rings is 2. The highest BCUT2D eigenvalue weighted by Gasteiger charge is 2.23. The van der Waals surface area contributed by atoms with Gasteiger partial charge in [0, 0.05) is 22.8 Å². The zero-order valence-corrected chi connectivity index (χ0v) is 15.0. The lowest BCUT2D eigenvalue weighted by Gasteiger charge is -2.11. The van der Waals surface area contributed by atoms with Crippen LogP contribution in [0, 0.1) is 0 Å². The fraction of sp³-hybridized carbons (Fsp3) is 0.200. The second kappa shape index (κ2) is 7.51. The van der Waals surface area contributed by atoms with E-state index in [1.165, 1.54) is 10.9 Å². The molecule has 142 valence electrons. The number of hydrogen-bond donors (Lipinski definition) is 3. The predicted octanol–water partition coefficient (Wildman–Crippen LogP) is 2.32. The average Bonchev–Trinajstić information content (AvgIpc) is 3.50. The summed E-state index contributed by atoms with van der Waals surface area (Å²) in [4.78, 5) is 36.0. The fourth-order valence-corrected chi connectivity index (χ4v) is 2.84. The molecule has 0 unspecified atom stereocenters.